The molecule has 0 aliphatic carbocycles. The number of aliphatic imine (C=N–C) groups is 1. The van der Waals surface area contributed by atoms with Gasteiger partial charge < -0.3 is 9.80 Å². The fraction of sp³-hybridized carbons (Fsp3) is 0.316. The van der Waals surface area contributed by atoms with Crippen LogP contribution < -0.4 is 0 Å². The van der Waals surface area contributed by atoms with E-state index in [9.17, 15) is 13.2 Å². The molecule has 2 aliphatic rings. The lowest BCUT2D eigenvalue weighted by atomic mass is 10.1. The van der Waals surface area contributed by atoms with Gasteiger partial charge in [-0.15, -0.1) is 0 Å². The van der Waals surface area contributed by atoms with Crippen LogP contribution in [0, 0.1) is 0 Å². The second kappa shape index (κ2) is 6.63. The van der Waals surface area contributed by atoms with E-state index in [0.717, 1.165) is 59.5 Å². The van der Waals surface area contributed by atoms with Crippen LogP contribution in [-0.2, 0) is 6.18 Å². The van der Waals surface area contributed by atoms with Gasteiger partial charge in [0.2, 0.25) is 0 Å². The predicted molar refractivity (Wildman–Crippen MR) is 97.3 cm³/mol. The molecule has 2 aromatic rings. The summed E-state index contributed by atoms with van der Waals surface area (Å²) in [4.78, 5) is 10.9. The molecule has 0 radical (unpaired) electrons. The molecule has 4 rings (SSSR count). The van der Waals surface area contributed by atoms with Gasteiger partial charge in [0.05, 0.1) is 11.3 Å². The lowest BCUT2D eigenvalue weighted by Gasteiger charge is -2.34. The number of benzene rings is 2. The standard InChI is InChI=1S/C19H18F3N3S/c1-24-8-10-25(11-9-24)18-14-4-2-3-5-16(14)26-17-7-6-13(19(20,21)22)12-15(17)23-18/h2-7,12H,8-11H2,1H3. The third-order valence-electron chi connectivity index (χ3n) is 4.66. The van der Waals surface area contributed by atoms with E-state index >= 15 is 0 Å². The minimum Gasteiger partial charge on any atom is -0.354 e. The van der Waals surface area contributed by atoms with Crippen molar-refractivity contribution in [1.82, 2.24) is 9.80 Å². The first kappa shape index (κ1) is 17.4. The monoisotopic (exact) mass is 377 g/mol. The zero-order valence-corrected chi connectivity index (χ0v) is 15.1. The molecule has 3 nitrogen and oxygen atoms in total. The molecule has 136 valence electrons. The fourth-order valence-electron chi connectivity index (χ4n) is 3.16. The van der Waals surface area contributed by atoms with Gasteiger partial charge in [-0.1, -0.05) is 30.0 Å². The summed E-state index contributed by atoms with van der Waals surface area (Å²) in [6.45, 7) is 3.43. The van der Waals surface area contributed by atoms with Crippen molar-refractivity contribution in [1.29, 1.82) is 0 Å². The Morgan fingerprint density at radius 2 is 1.69 bits per heavy atom. The van der Waals surface area contributed by atoms with Crippen molar-refractivity contribution in [2.45, 2.75) is 16.0 Å². The molecule has 0 unspecified atom stereocenters. The fourth-order valence-corrected chi connectivity index (χ4v) is 4.16. The lowest BCUT2D eigenvalue weighted by molar-refractivity contribution is -0.137. The van der Waals surface area contributed by atoms with E-state index in [1.807, 2.05) is 24.3 Å². The quantitative estimate of drug-likeness (QED) is 0.674. The molecule has 2 heterocycles. The molecule has 1 fully saturated rings. The molecule has 2 aromatic carbocycles. The number of amidine groups is 1. The number of nitrogens with zero attached hydrogens (tertiary/aromatic N) is 3. The van der Waals surface area contributed by atoms with Gasteiger partial charge in [0.1, 0.15) is 5.84 Å². The van der Waals surface area contributed by atoms with E-state index in [2.05, 4.69) is 16.8 Å². The Hall–Kier alpha value is -1.99. The molecule has 0 amide bonds. The Labute approximate surface area is 154 Å². The SMILES string of the molecule is CN1CCN(C2=Nc3cc(C(F)(F)F)ccc3Sc3ccccc32)CC1. The van der Waals surface area contributed by atoms with Gasteiger partial charge >= 0.3 is 6.18 Å². The summed E-state index contributed by atoms with van der Waals surface area (Å²) < 4.78 is 39.4. The summed E-state index contributed by atoms with van der Waals surface area (Å²) in [5.41, 5.74) is 0.700. The Balaban J connectivity index is 1.83. The van der Waals surface area contributed by atoms with Crippen LogP contribution in [0.25, 0.3) is 0 Å². The third-order valence-corrected chi connectivity index (χ3v) is 5.80. The zero-order chi connectivity index (χ0) is 18.3. The molecular formula is C19H18F3N3S. The minimum absolute atomic E-state index is 0.384. The molecule has 0 saturated carbocycles. The van der Waals surface area contributed by atoms with Crippen molar-refractivity contribution >= 4 is 23.3 Å². The molecule has 0 bridgehead atoms. The largest absolute Gasteiger partial charge is 0.416 e. The van der Waals surface area contributed by atoms with Crippen LogP contribution in [0.5, 0.6) is 0 Å². The molecule has 0 aromatic heterocycles. The highest BCUT2D eigenvalue weighted by Gasteiger charge is 2.32. The number of alkyl halides is 3. The van der Waals surface area contributed by atoms with Crippen LogP contribution in [0.2, 0.25) is 0 Å². The van der Waals surface area contributed by atoms with E-state index in [-0.39, 0.29) is 0 Å². The number of hydrogen-bond donors (Lipinski definition) is 0. The van der Waals surface area contributed by atoms with E-state index in [4.69, 9.17) is 4.99 Å². The first-order valence-corrected chi connectivity index (χ1v) is 9.24. The number of hydrogen-bond acceptors (Lipinski definition) is 4. The molecule has 2 aliphatic heterocycles. The highest BCUT2D eigenvalue weighted by atomic mass is 32.2. The Morgan fingerprint density at radius 3 is 2.42 bits per heavy atom. The summed E-state index contributed by atoms with van der Waals surface area (Å²) >= 11 is 1.47. The van der Waals surface area contributed by atoms with Crippen LogP contribution >= 0.6 is 11.8 Å². The van der Waals surface area contributed by atoms with Crippen LogP contribution in [0.3, 0.4) is 0 Å². The number of likely N-dealkylation sites (N-methyl/N-ethyl adjacent to an activating group) is 1. The van der Waals surface area contributed by atoms with Crippen molar-refractivity contribution < 1.29 is 13.2 Å². The summed E-state index contributed by atoms with van der Waals surface area (Å²) in [5.74, 6) is 0.763. The van der Waals surface area contributed by atoms with E-state index in [1.165, 1.54) is 17.8 Å². The molecule has 0 spiro atoms. The van der Waals surface area contributed by atoms with Crippen LogP contribution in [0.15, 0.2) is 57.2 Å². The Kier molecular flexibility index (Phi) is 4.44. The van der Waals surface area contributed by atoms with Gasteiger partial charge in [0, 0.05) is 41.5 Å². The lowest BCUT2D eigenvalue weighted by Crippen LogP contribution is -2.47. The first-order chi connectivity index (χ1) is 12.4. The van der Waals surface area contributed by atoms with Gasteiger partial charge in [0.15, 0.2) is 0 Å². The molecule has 0 atom stereocenters. The van der Waals surface area contributed by atoms with Gasteiger partial charge in [-0.3, -0.25) is 0 Å². The van der Waals surface area contributed by atoms with Crippen LogP contribution in [0.4, 0.5) is 18.9 Å². The van der Waals surface area contributed by atoms with Crippen LogP contribution in [-0.4, -0.2) is 48.9 Å². The molecule has 7 heteroatoms. The molecular weight excluding hydrogens is 359 g/mol. The van der Waals surface area contributed by atoms with Crippen molar-refractivity contribution in [3.8, 4) is 0 Å². The number of halogens is 3. The second-order valence-electron chi connectivity index (χ2n) is 6.50. The van der Waals surface area contributed by atoms with Crippen molar-refractivity contribution in [2.75, 3.05) is 33.2 Å². The maximum absolute atomic E-state index is 13.1. The van der Waals surface area contributed by atoms with E-state index in [1.54, 1.807) is 0 Å². The van der Waals surface area contributed by atoms with Gasteiger partial charge in [-0.05, 0) is 31.3 Å². The highest BCUT2D eigenvalue weighted by molar-refractivity contribution is 7.99. The zero-order valence-electron chi connectivity index (χ0n) is 14.3. The number of piperazine rings is 1. The average Bonchev–Trinajstić information content (AvgIpc) is 2.77. The summed E-state index contributed by atoms with van der Waals surface area (Å²) in [7, 11) is 2.07. The van der Waals surface area contributed by atoms with Crippen LogP contribution in [0.1, 0.15) is 11.1 Å². The van der Waals surface area contributed by atoms with E-state index < -0.39 is 11.7 Å². The molecule has 26 heavy (non-hydrogen) atoms. The topological polar surface area (TPSA) is 18.8 Å². The smallest absolute Gasteiger partial charge is 0.354 e. The van der Waals surface area contributed by atoms with Gasteiger partial charge in [0.25, 0.3) is 0 Å². The number of rotatable bonds is 0. The Morgan fingerprint density at radius 1 is 0.962 bits per heavy atom. The van der Waals surface area contributed by atoms with Gasteiger partial charge in [-0.25, -0.2) is 4.99 Å². The third kappa shape index (κ3) is 3.33. The summed E-state index contributed by atoms with van der Waals surface area (Å²) in [6.07, 6.45) is -4.37. The van der Waals surface area contributed by atoms with Crippen molar-refractivity contribution in [3.05, 3.63) is 53.6 Å². The van der Waals surface area contributed by atoms with Gasteiger partial charge in [-0.2, -0.15) is 13.2 Å². The maximum atomic E-state index is 13.1. The first-order valence-electron chi connectivity index (χ1n) is 8.42. The summed E-state index contributed by atoms with van der Waals surface area (Å²) in [5, 5.41) is 0. The Bertz CT molecular complexity index is 855. The van der Waals surface area contributed by atoms with Crippen molar-refractivity contribution in [2.24, 2.45) is 4.99 Å². The average molecular weight is 377 g/mol. The number of fused-ring (bicyclic) bond motifs is 2. The second-order valence-corrected chi connectivity index (χ2v) is 7.59. The molecule has 0 N–H and O–H groups in total. The predicted octanol–water partition coefficient (Wildman–Crippen LogP) is 4.50. The maximum Gasteiger partial charge on any atom is 0.416 e. The normalized spacial score (nSPS) is 18.0. The minimum atomic E-state index is -4.37. The summed E-state index contributed by atoms with van der Waals surface area (Å²) in [6, 6.07) is 11.7. The molecule has 1 saturated heterocycles. The van der Waals surface area contributed by atoms with Crippen molar-refractivity contribution in [3.63, 3.8) is 0 Å². The highest BCUT2D eigenvalue weighted by Crippen LogP contribution is 2.43. The van der Waals surface area contributed by atoms with E-state index in [0.29, 0.717) is 5.69 Å².